The molecule has 2 aliphatic rings. The fourth-order valence-electron chi connectivity index (χ4n) is 2.89. The Hall–Kier alpha value is -0.130. The van der Waals surface area contributed by atoms with E-state index in [1.807, 2.05) is 12.1 Å². The average Bonchev–Trinajstić information content (AvgIpc) is 3.25. The third-order valence-electron chi connectivity index (χ3n) is 3.92. The minimum Gasteiger partial charge on any atom is -0.374 e. The fraction of sp³-hybridized carbons (Fsp3) is 0.571. The summed E-state index contributed by atoms with van der Waals surface area (Å²) in [6.07, 6.45) is 2.58. The van der Waals surface area contributed by atoms with Gasteiger partial charge in [-0.25, -0.2) is 0 Å². The van der Waals surface area contributed by atoms with Crippen LogP contribution in [0.5, 0.6) is 0 Å². The summed E-state index contributed by atoms with van der Waals surface area (Å²) < 4.78 is 6.90. The maximum absolute atomic E-state index is 6.40. The first-order valence-corrected chi connectivity index (χ1v) is 7.90. The highest BCUT2D eigenvalue weighted by molar-refractivity contribution is 9.10. The number of ether oxygens (including phenoxy) is 1. The predicted octanol–water partition coefficient (Wildman–Crippen LogP) is 2.97. The van der Waals surface area contributed by atoms with Crippen molar-refractivity contribution >= 4 is 27.5 Å². The van der Waals surface area contributed by atoms with E-state index >= 15 is 0 Å². The molecule has 1 heterocycles. The van der Waals surface area contributed by atoms with Crippen LogP contribution < -0.4 is 5.73 Å². The summed E-state index contributed by atoms with van der Waals surface area (Å²) in [4.78, 5) is 2.52. The van der Waals surface area contributed by atoms with Crippen LogP contribution in [0.4, 0.5) is 0 Å². The third kappa shape index (κ3) is 2.83. The van der Waals surface area contributed by atoms with Gasteiger partial charge in [0.05, 0.1) is 18.8 Å². The first-order valence-electron chi connectivity index (χ1n) is 6.73. The lowest BCUT2D eigenvalue weighted by Crippen LogP contribution is -2.49. The van der Waals surface area contributed by atoms with E-state index in [1.165, 1.54) is 12.8 Å². The summed E-state index contributed by atoms with van der Waals surface area (Å²) in [7, 11) is 0. The van der Waals surface area contributed by atoms with Gasteiger partial charge in [0.25, 0.3) is 0 Å². The summed E-state index contributed by atoms with van der Waals surface area (Å²) >= 11 is 9.93. The predicted molar refractivity (Wildman–Crippen MR) is 80.4 cm³/mol. The lowest BCUT2D eigenvalue weighted by molar-refractivity contribution is -0.0712. The number of rotatable bonds is 3. The number of hydrogen-bond acceptors (Lipinski definition) is 3. The highest BCUT2D eigenvalue weighted by atomic mass is 79.9. The lowest BCUT2D eigenvalue weighted by Gasteiger charge is -2.41. The van der Waals surface area contributed by atoms with Gasteiger partial charge in [-0.05, 0) is 36.6 Å². The smallest absolute Gasteiger partial charge is 0.0894 e. The van der Waals surface area contributed by atoms with Crippen LogP contribution in [0.2, 0.25) is 5.02 Å². The molecule has 3 nitrogen and oxygen atoms in total. The van der Waals surface area contributed by atoms with Gasteiger partial charge in [-0.1, -0.05) is 27.5 Å². The number of morpholine rings is 1. The molecule has 2 N–H and O–H groups in total. The van der Waals surface area contributed by atoms with Crippen LogP contribution >= 0.6 is 27.5 Å². The van der Waals surface area contributed by atoms with Crippen molar-refractivity contribution in [3.8, 4) is 0 Å². The van der Waals surface area contributed by atoms with Crippen molar-refractivity contribution in [2.75, 3.05) is 19.7 Å². The van der Waals surface area contributed by atoms with Crippen molar-refractivity contribution in [1.29, 1.82) is 0 Å². The SMILES string of the molecule is NCC1OCCN(C2CC2)C1c1cc(Br)ccc1Cl. The van der Waals surface area contributed by atoms with E-state index in [9.17, 15) is 0 Å². The van der Waals surface area contributed by atoms with Crippen molar-refractivity contribution in [1.82, 2.24) is 4.90 Å². The van der Waals surface area contributed by atoms with Gasteiger partial charge in [0, 0.05) is 28.6 Å². The van der Waals surface area contributed by atoms with E-state index in [-0.39, 0.29) is 12.1 Å². The first kappa shape index (κ1) is 13.8. The summed E-state index contributed by atoms with van der Waals surface area (Å²) in [5, 5.41) is 0.794. The molecule has 2 unspecified atom stereocenters. The second-order valence-electron chi connectivity index (χ2n) is 5.22. The Bertz CT molecular complexity index is 467. The Balaban J connectivity index is 1.97. The Morgan fingerprint density at radius 3 is 2.89 bits per heavy atom. The Morgan fingerprint density at radius 2 is 2.21 bits per heavy atom. The summed E-state index contributed by atoms with van der Waals surface area (Å²) in [6.45, 7) is 2.26. The minimum absolute atomic E-state index is 0.0288. The van der Waals surface area contributed by atoms with Gasteiger partial charge < -0.3 is 10.5 Å². The molecule has 104 valence electrons. The zero-order valence-corrected chi connectivity index (χ0v) is 13.0. The molecule has 5 heteroatoms. The number of benzene rings is 1. The number of hydrogen-bond donors (Lipinski definition) is 1. The molecule has 2 fully saturated rings. The van der Waals surface area contributed by atoms with Crippen LogP contribution in [-0.2, 0) is 4.74 Å². The molecule has 0 spiro atoms. The molecule has 3 rings (SSSR count). The molecule has 0 bridgehead atoms. The zero-order chi connectivity index (χ0) is 13.4. The number of halogens is 2. The molecule has 0 amide bonds. The topological polar surface area (TPSA) is 38.5 Å². The summed E-state index contributed by atoms with van der Waals surface area (Å²) in [5.41, 5.74) is 7.02. The van der Waals surface area contributed by atoms with Crippen LogP contribution in [0, 0.1) is 0 Å². The Morgan fingerprint density at radius 1 is 1.42 bits per heavy atom. The molecule has 1 aromatic carbocycles. The minimum atomic E-state index is 0.0288. The number of nitrogens with two attached hydrogens (primary N) is 1. The van der Waals surface area contributed by atoms with Crippen LogP contribution in [0.25, 0.3) is 0 Å². The van der Waals surface area contributed by atoms with Crippen molar-refractivity contribution in [2.24, 2.45) is 5.73 Å². The van der Waals surface area contributed by atoms with E-state index in [1.54, 1.807) is 0 Å². The lowest BCUT2D eigenvalue weighted by atomic mass is 9.97. The molecule has 1 aliphatic heterocycles. The molecule has 1 saturated heterocycles. The van der Waals surface area contributed by atoms with E-state index < -0.39 is 0 Å². The molecule has 1 aliphatic carbocycles. The van der Waals surface area contributed by atoms with Crippen molar-refractivity contribution in [3.63, 3.8) is 0 Å². The van der Waals surface area contributed by atoms with Crippen LogP contribution in [-0.4, -0.2) is 36.7 Å². The molecule has 2 atom stereocenters. The molecule has 1 saturated carbocycles. The van der Waals surface area contributed by atoms with Gasteiger partial charge in [0.1, 0.15) is 0 Å². The number of nitrogens with zero attached hydrogens (tertiary/aromatic N) is 1. The maximum atomic E-state index is 6.40. The van der Waals surface area contributed by atoms with Crippen molar-refractivity contribution < 1.29 is 4.74 Å². The summed E-state index contributed by atoms with van der Waals surface area (Å²) in [6, 6.07) is 6.86. The van der Waals surface area contributed by atoms with E-state index in [4.69, 9.17) is 22.1 Å². The standard InChI is InChI=1S/C14H18BrClN2O/c15-9-1-4-12(16)11(7-9)14-13(8-17)19-6-5-18(14)10-2-3-10/h1,4,7,10,13-14H,2-3,5-6,8,17H2. The fourth-order valence-corrected chi connectivity index (χ4v) is 3.49. The van der Waals surface area contributed by atoms with Crippen molar-refractivity contribution in [3.05, 3.63) is 33.3 Å². The van der Waals surface area contributed by atoms with Crippen LogP contribution in [0.15, 0.2) is 22.7 Å². The average molecular weight is 346 g/mol. The normalized spacial score (nSPS) is 28.6. The van der Waals surface area contributed by atoms with E-state index in [2.05, 4.69) is 26.9 Å². The molecule has 0 radical (unpaired) electrons. The first-order chi connectivity index (χ1) is 9.20. The monoisotopic (exact) mass is 344 g/mol. The van der Waals surface area contributed by atoms with E-state index in [0.29, 0.717) is 12.6 Å². The molecule has 19 heavy (non-hydrogen) atoms. The van der Waals surface area contributed by atoms with Gasteiger partial charge in [0.2, 0.25) is 0 Å². The zero-order valence-electron chi connectivity index (χ0n) is 10.7. The van der Waals surface area contributed by atoms with Gasteiger partial charge in [-0.2, -0.15) is 0 Å². The highest BCUT2D eigenvalue weighted by Gasteiger charge is 2.41. The van der Waals surface area contributed by atoms with Gasteiger partial charge in [0.15, 0.2) is 0 Å². The second-order valence-corrected chi connectivity index (χ2v) is 6.55. The van der Waals surface area contributed by atoms with Gasteiger partial charge in [-0.15, -0.1) is 0 Å². The molecular formula is C14H18BrClN2O. The molecular weight excluding hydrogens is 328 g/mol. The Labute approximate surface area is 127 Å². The molecule has 0 aromatic heterocycles. The van der Waals surface area contributed by atoms with Crippen LogP contribution in [0.3, 0.4) is 0 Å². The summed E-state index contributed by atoms with van der Waals surface area (Å²) in [5.74, 6) is 0. The van der Waals surface area contributed by atoms with Gasteiger partial charge >= 0.3 is 0 Å². The van der Waals surface area contributed by atoms with Gasteiger partial charge in [-0.3, -0.25) is 4.90 Å². The molecule has 1 aromatic rings. The third-order valence-corrected chi connectivity index (χ3v) is 4.75. The van der Waals surface area contributed by atoms with Crippen LogP contribution in [0.1, 0.15) is 24.4 Å². The van der Waals surface area contributed by atoms with Crippen molar-refractivity contribution in [2.45, 2.75) is 31.0 Å². The van der Waals surface area contributed by atoms with E-state index in [0.717, 1.165) is 28.2 Å². The maximum Gasteiger partial charge on any atom is 0.0894 e. The highest BCUT2D eigenvalue weighted by Crippen LogP contribution is 2.41. The second kappa shape index (κ2) is 5.70. The Kier molecular flexibility index (Phi) is 4.15. The largest absolute Gasteiger partial charge is 0.374 e. The quantitative estimate of drug-likeness (QED) is 0.915.